The number of fused-ring (bicyclic) bond motifs is 1. The normalized spacial score (nSPS) is 17.3. The summed E-state index contributed by atoms with van der Waals surface area (Å²) in [6.07, 6.45) is 3.90. The van der Waals surface area contributed by atoms with Gasteiger partial charge in [0.05, 0.1) is 18.3 Å². The Bertz CT molecular complexity index is 1060. The van der Waals surface area contributed by atoms with Crippen LogP contribution in [0.1, 0.15) is 62.8 Å². The number of hydrogen-bond acceptors (Lipinski definition) is 6. The van der Waals surface area contributed by atoms with Crippen LogP contribution in [-0.2, 0) is 34.3 Å². The van der Waals surface area contributed by atoms with Crippen molar-refractivity contribution < 1.29 is 13.2 Å². The minimum absolute atomic E-state index is 0.0595. The molecule has 1 aromatic carbocycles. The second-order valence-corrected chi connectivity index (χ2v) is 11.1. The largest absolute Gasteiger partial charge is 0.331 e. The van der Waals surface area contributed by atoms with Crippen LogP contribution < -0.4 is 4.72 Å². The molecule has 0 saturated heterocycles. The summed E-state index contributed by atoms with van der Waals surface area (Å²) in [5, 5.41) is 4.57. The Balaban J connectivity index is 1.48. The third-order valence-electron chi connectivity index (χ3n) is 6.65. The zero-order valence-electron chi connectivity index (χ0n) is 20.2. The molecule has 34 heavy (non-hydrogen) atoms. The Kier molecular flexibility index (Phi) is 8.00. The van der Waals surface area contributed by atoms with E-state index in [9.17, 15) is 13.2 Å². The van der Waals surface area contributed by atoms with Gasteiger partial charge in [0, 0.05) is 6.04 Å². The predicted molar refractivity (Wildman–Crippen MR) is 130 cm³/mol. The summed E-state index contributed by atoms with van der Waals surface area (Å²) in [6.45, 7) is 7.33. The van der Waals surface area contributed by atoms with E-state index in [2.05, 4.69) is 28.6 Å². The van der Waals surface area contributed by atoms with Gasteiger partial charge in [0.25, 0.3) is 0 Å². The third kappa shape index (κ3) is 6.43. The van der Waals surface area contributed by atoms with Crippen LogP contribution in [0.15, 0.2) is 30.3 Å². The second-order valence-electron chi connectivity index (χ2n) is 9.19. The molecule has 9 nitrogen and oxygen atoms in total. The number of rotatable bonds is 13. The zero-order chi connectivity index (χ0) is 24.1. The summed E-state index contributed by atoms with van der Waals surface area (Å²) in [5.41, 5.74) is 1.13. The Hall–Kier alpha value is -2.30. The summed E-state index contributed by atoms with van der Waals surface area (Å²) < 4.78 is 30.5. The van der Waals surface area contributed by atoms with E-state index in [4.69, 9.17) is 4.98 Å². The van der Waals surface area contributed by atoms with E-state index in [0.717, 1.165) is 43.9 Å². The summed E-state index contributed by atoms with van der Waals surface area (Å²) in [7, 11) is -3.52. The van der Waals surface area contributed by atoms with Crippen LogP contribution >= 0.6 is 0 Å². The van der Waals surface area contributed by atoms with E-state index in [-0.39, 0.29) is 18.2 Å². The molecule has 0 radical (unpaired) electrons. The Morgan fingerprint density at radius 2 is 1.88 bits per heavy atom. The Morgan fingerprint density at radius 3 is 2.56 bits per heavy atom. The quantitative estimate of drug-likeness (QED) is 0.464. The third-order valence-corrected chi connectivity index (χ3v) is 8.12. The van der Waals surface area contributed by atoms with Crippen LogP contribution in [0.3, 0.4) is 0 Å². The SMILES string of the molecule is CCN(CC)CCCS(=O)(=O)N[C@H](CCc1ccccc1)c1nc2n(n1)CC(=O)N(C1CC1)C2. The number of carbonyl (C=O) groups excluding carboxylic acids is 1. The van der Waals surface area contributed by atoms with Crippen LogP contribution in [-0.4, -0.2) is 70.3 Å². The molecule has 0 unspecified atom stereocenters. The molecule has 1 aliphatic heterocycles. The fourth-order valence-electron chi connectivity index (χ4n) is 4.45. The van der Waals surface area contributed by atoms with Crippen molar-refractivity contribution in [3.8, 4) is 0 Å². The summed E-state index contributed by atoms with van der Waals surface area (Å²) in [5.74, 6) is 1.30. The van der Waals surface area contributed by atoms with E-state index < -0.39 is 16.1 Å². The van der Waals surface area contributed by atoms with Gasteiger partial charge in [-0.1, -0.05) is 44.2 Å². The number of aromatic nitrogens is 3. The molecule has 1 aliphatic carbocycles. The van der Waals surface area contributed by atoms with Crippen molar-refractivity contribution in [1.29, 1.82) is 0 Å². The number of aryl methyl sites for hydroxylation is 1. The van der Waals surface area contributed by atoms with Gasteiger partial charge in [0.15, 0.2) is 5.82 Å². The number of nitrogens with one attached hydrogen (secondary N) is 1. The van der Waals surface area contributed by atoms with E-state index in [1.165, 1.54) is 0 Å². The van der Waals surface area contributed by atoms with Crippen molar-refractivity contribution >= 4 is 15.9 Å². The number of benzene rings is 1. The van der Waals surface area contributed by atoms with Crippen LogP contribution in [0, 0.1) is 0 Å². The average Bonchev–Trinajstić information content (AvgIpc) is 3.59. The van der Waals surface area contributed by atoms with Gasteiger partial charge in [-0.05, 0) is 57.3 Å². The van der Waals surface area contributed by atoms with Crippen LogP contribution in [0.2, 0.25) is 0 Å². The van der Waals surface area contributed by atoms with E-state index >= 15 is 0 Å². The molecular formula is C24H36N6O3S. The first-order valence-corrected chi connectivity index (χ1v) is 14.0. The molecule has 1 atom stereocenters. The first-order valence-electron chi connectivity index (χ1n) is 12.4. The van der Waals surface area contributed by atoms with E-state index in [1.54, 1.807) is 4.68 Å². The second kappa shape index (κ2) is 11.0. The minimum Gasteiger partial charge on any atom is -0.331 e. The highest BCUT2D eigenvalue weighted by Crippen LogP contribution is 2.30. The van der Waals surface area contributed by atoms with Gasteiger partial charge in [-0.25, -0.2) is 22.8 Å². The fourth-order valence-corrected chi connectivity index (χ4v) is 5.74. The molecule has 0 bridgehead atoms. The van der Waals surface area contributed by atoms with Crippen molar-refractivity contribution in [3.05, 3.63) is 47.5 Å². The van der Waals surface area contributed by atoms with Crippen molar-refractivity contribution in [2.45, 2.75) is 71.1 Å². The Labute approximate surface area is 202 Å². The summed E-state index contributed by atoms with van der Waals surface area (Å²) >= 11 is 0. The lowest BCUT2D eigenvalue weighted by molar-refractivity contribution is -0.135. The lowest BCUT2D eigenvalue weighted by Gasteiger charge is -2.26. The molecule has 1 fully saturated rings. The molecular weight excluding hydrogens is 452 g/mol. The zero-order valence-corrected chi connectivity index (χ0v) is 21.0. The molecule has 1 aromatic heterocycles. The summed E-state index contributed by atoms with van der Waals surface area (Å²) in [6, 6.07) is 9.77. The lowest BCUT2D eigenvalue weighted by Crippen LogP contribution is -2.40. The predicted octanol–water partition coefficient (Wildman–Crippen LogP) is 2.11. The minimum atomic E-state index is -3.52. The molecule has 2 aromatic rings. The molecule has 1 amide bonds. The van der Waals surface area contributed by atoms with Crippen LogP contribution in [0.25, 0.3) is 0 Å². The standard InChI is InChI=1S/C24H36N6O3S/c1-3-28(4-2)15-8-16-34(32,33)27-21(14-11-19-9-6-5-7-10-19)24-25-22-17-29(20-12-13-20)23(31)18-30(22)26-24/h5-7,9-10,20-21,27H,3-4,8,11-18H2,1-2H3/t21-/m1/s1. The highest BCUT2D eigenvalue weighted by atomic mass is 32.2. The van der Waals surface area contributed by atoms with Crippen LogP contribution in [0.5, 0.6) is 0 Å². The molecule has 1 saturated carbocycles. The van der Waals surface area contributed by atoms with Crippen LogP contribution in [0.4, 0.5) is 0 Å². The highest BCUT2D eigenvalue weighted by Gasteiger charge is 2.37. The molecule has 10 heteroatoms. The van der Waals surface area contributed by atoms with Crippen molar-refractivity contribution in [1.82, 2.24) is 29.3 Å². The number of sulfonamides is 1. The lowest BCUT2D eigenvalue weighted by atomic mass is 10.1. The van der Waals surface area contributed by atoms with Crippen molar-refractivity contribution in [3.63, 3.8) is 0 Å². The van der Waals surface area contributed by atoms with Crippen molar-refractivity contribution in [2.75, 3.05) is 25.4 Å². The van der Waals surface area contributed by atoms with E-state index in [0.29, 0.717) is 37.7 Å². The first-order chi connectivity index (χ1) is 16.4. The number of carbonyl (C=O) groups is 1. The van der Waals surface area contributed by atoms with E-state index in [1.807, 2.05) is 35.2 Å². The maximum Gasteiger partial charge on any atom is 0.245 e. The molecule has 186 valence electrons. The van der Waals surface area contributed by atoms with Gasteiger partial charge >= 0.3 is 0 Å². The highest BCUT2D eigenvalue weighted by molar-refractivity contribution is 7.89. The number of hydrogen-bond donors (Lipinski definition) is 1. The van der Waals surface area contributed by atoms with Gasteiger partial charge in [-0.15, -0.1) is 0 Å². The number of nitrogens with zero attached hydrogens (tertiary/aromatic N) is 5. The smallest absolute Gasteiger partial charge is 0.245 e. The monoisotopic (exact) mass is 488 g/mol. The summed E-state index contributed by atoms with van der Waals surface area (Å²) in [4.78, 5) is 21.3. The maximum absolute atomic E-state index is 13.0. The molecule has 2 heterocycles. The fraction of sp³-hybridized carbons (Fsp3) is 0.625. The number of amides is 1. The van der Waals surface area contributed by atoms with Gasteiger partial charge in [-0.2, -0.15) is 5.10 Å². The van der Waals surface area contributed by atoms with Gasteiger partial charge in [-0.3, -0.25) is 4.79 Å². The molecule has 2 aliphatic rings. The Morgan fingerprint density at radius 1 is 1.15 bits per heavy atom. The molecule has 0 spiro atoms. The van der Waals surface area contributed by atoms with Crippen molar-refractivity contribution in [2.24, 2.45) is 0 Å². The van der Waals surface area contributed by atoms with Gasteiger partial charge in [0.1, 0.15) is 12.4 Å². The van der Waals surface area contributed by atoms with Gasteiger partial charge < -0.3 is 9.80 Å². The maximum atomic E-state index is 13.0. The van der Waals surface area contributed by atoms with Gasteiger partial charge in [0.2, 0.25) is 15.9 Å². The average molecular weight is 489 g/mol. The topological polar surface area (TPSA) is 100 Å². The molecule has 1 N–H and O–H groups in total. The first kappa shape index (κ1) is 24.8. The molecule has 4 rings (SSSR count).